The monoisotopic (exact) mass is 311 g/mol. The molecule has 0 spiro atoms. The van der Waals surface area contributed by atoms with Gasteiger partial charge in [0.15, 0.2) is 0 Å². The summed E-state index contributed by atoms with van der Waals surface area (Å²) in [7, 11) is 0. The maximum Gasteiger partial charge on any atom is 0.338 e. The fourth-order valence-electron chi connectivity index (χ4n) is 1.69. The highest BCUT2D eigenvalue weighted by Gasteiger charge is 2.16. The smallest absolute Gasteiger partial charge is 0.338 e. The number of nitrogens with zero attached hydrogens (tertiary/aromatic N) is 1. The van der Waals surface area contributed by atoms with E-state index in [9.17, 15) is 19.7 Å². The summed E-state index contributed by atoms with van der Waals surface area (Å²) in [5.41, 5.74) is 0.390. The van der Waals surface area contributed by atoms with Gasteiger partial charge in [0.1, 0.15) is 12.7 Å². The molecule has 1 aromatic rings. The fourth-order valence-corrected chi connectivity index (χ4v) is 1.69. The van der Waals surface area contributed by atoms with E-state index in [0.717, 1.165) is 0 Å². The van der Waals surface area contributed by atoms with Gasteiger partial charge in [-0.25, -0.2) is 4.79 Å². The number of rotatable bonds is 9. The molecule has 0 saturated carbocycles. The van der Waals surface area contributed by atoms with Crippen LogP contribution in [-0.2, 0) is 19.1 Å². The first-order valence-electron chi connectivity index (χ1n) is 6.65. The molecule has 1 unspecified atom stereocenters. The average molecular weight is 311 g/mol. The van der Waals surface area contributed by atoms with E-state index in [0.29, 0.717) is 12.0 Å². The molecule has 0 amide bonds. The van der Waals surface area contributed by atoms with Crippen molar-refractivity contribution in [2.45, 2.75) is 25.9 Å². The Kier molecular flexibility index (Phi) is 7.38. The number of carbonyl (C=O) groups is 2. The number of ether oxygens (including phenoxy) is 2. The zero-order chi connectivity index (χ0) is 16.4. The number of carbonyl (C=O) groups excluding carboxylic acids is 2. The molecule has 1 atom stereocenters. The molecule has 120 valence electrons. The maximum absolute atomic E-state index is 11.8. The third kappa shape index (κ3) is 7.22. The molecule has 0 aromatic heterocycles. The van der Waals surface area contributed by atoms with Crippen molar-refractivity contribution in [1.29, 1.82) is 0 Å². The normalized spacial score (nSPS) is 11.3. The van der Waals surface area contributed by atoms with Crippen LogP contribution < -0.4 is 0 Å². The summed E-state index contributed by atoms with van der Waals surface area (Å²) in [6.07, 6.45) is -0.0855. The molecule has 0 aliphatic heterocycles. The van der Waals surface area contributed by atoms with Gasteiger partial charge in [-0.1, -0.05) is 18.2 Å². The van der Waals surface area contributed by atoms with E-state index < -0.39 is 23.1 Å². The van der Waals surface area contributed by atoms with E-state index in [1.165, 1.54) is 6.92 Å². The molecule has 0 fully saturated rings. The SMILES string of the molecule is CC(=O)OC(CCCO[N+](=O)[O-])COC(=O)c1ccccc1. The second-order valence-electron chi connectivity index (χ2n) is 4.39. The van der Waals surface area contributed by atoms with Gasteiger partial charge in [-0.2, -0.15) is 0 Å². The third-order valence-electron chi connectivity index (χ3n) is 2.61. The quantitative estimate of drug-likeness (QED) is 0.296. The zero-order valence-electron chi connectivity index (χ0n) is 12.1. The Morgan fingerprint density at radius 1 is 1.27 bits per heavy atom. The molecule has 8 nitrogen and oxygen atoms in total. The molecule has 0 heterocycles. The first-order chi connectivity index (χ1) is 10.5. The van der Waals surface area contributed by atoms with E-state index in [1.807, 2.05) is 0 Å². The number of esters is 2. The van der Waals surface area contributed by atoms with Gasteiger partial charge < -0.3 is 14.3 Å². The molecule has 0 bridgehead atoms. The fraction of sp³-hybridized carbons (Fsp3) is 0.429. The lowest BCUT2D eigenvalue weighted by molar-refractivity contribution is -0.757. The van der Waals surface area contributed by atoms with Crippen molar-refractivity contribution >= 4 is 11.9 Å². The molecule has 0 aliphatic rings. The summed E-state index contributed by atoms with van der Waals surface area (Å²) in [5.74, 6) is -1.05. The van der Waals surface area contributed by atoms with E-state index in [4.69, 9.17) is 9.47 Å². The minimum absolute atomic E-state index is 0.114. The molecular weight excluding hydrogens is 294 g/mol. The van der Waals surface area contributed by atoms with Crippen molar-refractivity contribution in [1.82, 2.24) is 0 Å². The largest absolute Gasteiger partial charge is 0.459 e. The zero-order valence-corrected chi connectivity index (χ0v) is 12.1. The van der Waals surface area contributed by atoms with Crippen LogP contribution in [0.3, 0.4) is 0 Å². The Labute approximate surface area is 127 Å². The molecule has 0 aliphatic carbocycles. The summed E-state index contributed by atoms with van der Waals surface area (Å²) in [5, 5.41) is 9.13. The summed E-state index contributed by atoms with van der Waals surface area (Å²) in [6.45, 7) is 1.00. The summed E-state index contributed by atoms with van der Waals surface area (Å²) in [4.78, 5) is 37.0. The van der Waals surface area contributed by atoms with Crippen molar-refractivity contribution in [3.05, 3.63) is 46.0 Å². The van der Waals surface area contributed by atoms with Crippen LogP contribution in [0.5, 0.6) is 0 Å². The Morgan fingerprint density at radius 3 is 2.55 bits per heavy atom. The minimum atomic E-state index is -0.893. The van der Waals surface area contributed by atoms with Crippen molar-refractivity contribution < 1.29 is 29.0 Å². The maximum atomic E-state index is 11.8. The van der Waals surface area contributed by atoms with E-state index in [1.54, 1.807) is 30.3 Å². The Balaban J connectivity index is 2.42. The Bertz CT molecular complexity index is 503. The number of hydrogen-bond acceptors (Lipinski definition) is 7. The van der Waals surface area contributed by atoms with Gasteiger partial charge in [0.2, 0.25) is 0 Å². The highest BCUT2D eigenvalue weighted by molar-refractivity contribution is 5.89. The predicted octanol–water partition coefficient (Wildman–Crippen LogP) is 1.76. The molecule has 1 aromatic carbocycles. The van der Waals surface area contributed by atoms with Crippen LogP contribution in [0.25, 0.3) is 0 Å². The third-order valence-corrected chi connectivity index (χ3v) is 2.61. The summed E-state index contributed by atoms with van der Waals surface area (Å²) >= 11 is 0. The van der Waals surface area contributed by atoms with Crippen molar-refractivity contribution in [3.8, 4) is 0 Å². The van der Waals surface area contributed by atoms with Crippen molar-refractivity contribution in [2.24, 2.45) is 0 Å². The lowest BCUT2D eigenvalue weighted by atomic mass is 10.2. The van der Waals surface area contributed by atoms with Gasteiger partial charge in [0, 0.05) is 6.92 Å². The van der Waals surface area contributed by atoms with Gasteiger partial charge in [-0.3, -0.25) is 4.79 Å². The number of benzene rings is 1. The highest BCUT2D eigenvalue weighted by atomic mass is 16.9. The average Bonchev–Trinajstić information content (AvgIpc) is 2.48. The first-order valence-corrected chi connectivity index (χ1v) is 6.65. The summed E-state index contributed by atoms with van der Waals surface area (Å²) in [6, 6.07) is 8.39. The van der Waals surface area contributed by atoms with Crippen LogP contribution in [0.1, 0.15) is 30.1 Å². The second-order valence-corrected chi connectivity index (χ2v) is 4.39. The van der Waals surface area contributed by atoms with Gasteiger partial charge in [-0.05, 0) is 25.0 Å². The van der Waals surface area contributed by atoms with E-state index in [-0.39, 0.29) is 19.6 Å². The molecular formula is C14H17NO7. The standard InChI is InChI=1S/C14H17NO7/c1-11(16)22-13(8-5-9-21-15(18)19)10-20-14(17)12-6-3-2-4-7-12/h2-4,6-7,13H,5,8-10H2,1H3. The Hall–Kier alpha value is -2.64. The molecule has 0 N–H and O–H groups in total. The number of hydrogen-bond donors (Lipinski definition) is 0. The van der Waals surface area contributed by atoms with Gasteiger partial charge >= 0.3 is 11.9 Å². The van der Waals surface area contributed by atoms with Gasteiger partial charge in [0.05, 0.1) is 12.2 Å². The first kappa shape index (κ1) is 17.4. The lowest BCUT2D eigenvalue weighted by Gasteiger charge is -2.16. The molecule has 8 heteroatoms. The van der Waals surface area contributed by atoms with Gasteiger partial charge in [-0.15, -0.1) is 10.1 Å². The Morgan fingerprint density at radius 2 is 1.95 bits per heavy atom. The highest BCUT2D eigenvalue weighted by Crippen LogP contribution is 2.07. The van der Waals surface area contributed by atoms with E-state index >= 15 is 0 Å². The van der Waals surface area contributed by atoms with Crippen LogP contribution in [-0.4, -0.2) is 36.3 Å². The predicted molar refractivity (Wildman–Crippen MR) is 74.5 cm³/mol. The van der Waals surface area contributed by atoms with Gasteiger partial charge in [0.25, 0.3) is 5.09 Å². The minimum Gasteiger partial charge on any atom is -0.459 e. The lowest BCUT2D eigenvalue weighted by Crippen LogP contribution is -2.25. The van der Waals surface area contributed by atoms with Crippen LogP contribution >= 0.6 is 0 Å². The summed E-state index contributed by atoms with van der Waals surface area (Å²) < 4.78 is 10.1. The van der Waals surface area contributed by atoms with Crippen LogP contribution in [0.15, 0.2) is 30.3 Å². The molecule has 22 heavy (non-hydrogen) atoms. The topological polar surface area (TPSA) is 105 Å². The van der Waals surface area contributed by atoms with E-state index in [2.05, 4.69) is 4.84 Å². The van der Waals surface area contributed by atoms with Crippen LogP contribution in [0.4, 0.5) is 0 Å². The second kappa shape index (κ2) is 9.32. The molecule has 0 saturated heterocycles. The van der Waals surface area contributed by atoms with Crippen LogP contribution in [0.2, 0.25) is 0 Å². The molecule has 1 rings (SSSR count). The van der Waals surface area contributed by atoms with Crippen molar-refractivity contribution in [2.75, 3.05) is 13.2 Å². The van der Waals surface area contributed by atoms with Crippen molar-refractivity contribution in [3.63, 3.8) is 0 Å². The van der Waals surface area contributed by atoms with Crippen LogP contribution in [0, 0.1) is 10.1 Å². The molecule has 0 radical (unpaired) electrons.